The lowest BCUT2D eigenvalue weighted by molar-refractivity contribution is -0.138. The third-order valence-electron chi connectivity index (χ3n) is 4.60. The van der Waals surface area contributed by atoms with Crippen molar-refractivity contribution < 1.29 is 14.3 Å². The maximum absolute atomic E-state index is 11.9. The van der Waals surface area contributed by atoms with Crippen LogP contribution < -0.4 is 0 Å². The van der Waals surface area contributed by atoms with Crippen LogP contribution in [0.3, 0.4) is 0 Å². The zero-order valence-corrected chi connectivity index (χ0v) is 13.9. The van der Waals surface area contributed by atoms with Crippen LogP contribution in [0.5, 0.6) is 0 Å². The van der Waals surface area contributed by atoms with E-state index < -0.39 is 0 Å². The molecule has 2 rings (SSSR count). The van der Waals surface area contributed by atoms with Gasteiger partial charge in [0.05, 0.1) is 13.2 Å². The molecule has 1 saturated carbocycles. The summed E-state index contributed by atoms with van der Waals surface area (Å²) in [6.07, 6.45) is 3.07. The molecule has 0 spiro atoms. The van der Waals surface area contributed by atoms with Crippen molar-refractivity contribution in [2.24, 2.45) is 5.41 Å². The van der Waals surface area contributed by atoms with Crippen LogP contribution in [0.4, 0.5) is 0 Å². The van der Waals surface area contributed by atoms with E-state index in [4.69, 9.17) is 9.47 Å². The van der Waals surface area contributed by atoms with Gasteiger partial charge in [-0.2, -0.15) is 0 Å². The van der Waals surface area contributed by atoms with Crippen molar-refractivity contribution in [1.29, 1.82) is 0 Å². The van der Waals surface area contributed by atoms with E-state index in [9.17, 15) is 4.79 Å². The Balaban J connectivity index is 1.84. The standard InChI is InChI=1S/C19H26O3/c1-4-22-18(20)15(2)17-10-11-19(17,3)12-13-21-14-16-8-6-5-7-9-16/h5-9H,4,10-14H2,1-3H3/b17-15+/t19-/m1/s1. The molecule has 0 aromatic heterocycles. The number of hydrogen-bond acceptors (Lipinski definition) is 3. The van der Waals surface area contributed by atoms with Gasteiger partial charge in [-0.05, 0) is 44.1 Å². The first-order chi connectivity index (χ1) is 10.6. The van der Waals surface area contributed by atoms with Crippen LogP contribution in [0, 0.1) is 5.41 Å². The molecule has 1 aromatic carbocycles. The van der Waals surface area contributed by atoms with E-state index in [0.717, 1.165) is 24.8 Å². The number of carbonyl (C=O) groups excluding carboxylic acids is 1. The van der Waals surface area contributed by atoms with Crippen molar-refractivity contribution in [3.63, 3.8) is 0 Å². The average Bonchev–Trinajstić information content (AvgIpc) is 2.51. The second-order valence-corrected chi connectivity index (χ2v) is 6.17. The summed E-state index contributed by atoms with van der Waals surface area (Å²) in [7, 11) is 0. The van der Waals surface area contributed by atoms with E-state index in [0.29, 0.717) is 19.8 Å². The third-order valence-corrected chi connectivity index (χ3v) is 4.60. The van der Waals surface area contributed by atoms with Gasteiger partial charge in [0, 0.05) is 12.2 Å². The summed E-state index contributed by atoms with van der Waals surface area (Å²) >= 11 is 0. The van der Waals surface area contributed by atoms with Crippen LogP contribution in [0.25, 0.3) is 0 Å². The minimum absolute atomic E-state index is 0.0908. The zero-order valence-electron chi connectivity index (χ0n) is 13.9. The first-order valence-corrected chi connectivity index (χ1v) is 8.06. The number of ether oxygens (including phenoxy) is 2. The van der Waals surface area contributed by atoms with Gasteiger partial charge in [-0.3, -0.25) is 0 Å². The molecule has 0 aliphatic heterocycles. The maximum Gasteiger partial charge on any atom is 0.333 e. The molecule has 1 aliphatic rings. The fourth-order valence-electron chi connectivity index (χ4n) is 3.02. The predicted octanol–water partition coefficient (Wildman–Crippen LogP) is 4.27. The number of benzene rings is 1. The van der Waals surface area contributed by atoms with Crippen molar-refractivity contribution in [1.82, 2.24) is 0 Å². The highest BCUT2D eigenvalue weighted by Gasteiger charge is 2.39. The van der Waals surface area contributed by atoms with Gasteiger partial charge in [0.2, 0.25) is 0 Å². The minimum atomic E-state index is -0.173. The predicted molar refractivity (Wildman–Crippen MR) is 87.4 cm³/mol. The molecule has 0 N–H and O–H groups in total. The molecule has 0 heterocycles. The van der Waals surface area contributed by atoms with Gasteiger partial charge in [0.25, 0.3) is 0 Å². The van der Waals surface area contributed by atoms with Crippen LogP contribution in [0.2, 0.25) is 0 Å². The quantitative estimate of drug-likeness (QED) is 0.428. The maximum atomic E-state index is 11.9. The Morgan fingerprint density at radius 1 is 1.27 bits per heavy atom. The lowest BCUT2D eigenvalue weighted by Gasteiger charge is -2.43. The van der Waals surface area contributed by atoms with E-state index in [2.05, 4.69) is 19.1 Å². The summed E-state index contributed by atoms with van der Waals surface area (Å²) in [5, 5.41) is 0. The highest BCUT2D eigenvalue weighted by Crippen LogP contribution is 2.50. The number of esters is 1. The summed E-state index contributed by atoms with van der Waals surface area (Å²) in [6, 6.07) is 10.2. The van der Waals surface area contributed by atoms with Gasteiger partial charge in [-0.25, -0.2) is 4.79 Å². The lowest BCUT2D eigenvalue weighted by Crippen LogP contribution is -2.33. The van der Waals surface area contributed by atoms with Crippen LogP contribution in [0.1, 0.15) is 45.6 Å². The lowest BCUT2D eigenvalue weighted by atomic mass is 9.62. The molecule has 120 valence electrons. The van der Waals surface area contributed by atoms with Crippen molar-refractivity contribution in [2.75, 3.05) is 13.2 Å². The van der Waals surface area contributed by atoms with E-state index in [1.807, 2.05) is 32.0 Å². The Kier molecular flexibility index (Phi) is 5.78. The number of carbonyl (C=O) groups is 1. The summed E-state index contributed by atoms with van der Waals surface area (Å²) < 4.78 is 10.9. The van der Waals surface area contributed by atoms with Gasteiger partial charge in [0.15, 0.2) is 0 Å². The highest BCUT2D eigenvalue weighted by molar-refractivity contribution is 5.89. The van der Waals surface area contributed by atoms with E-state index in [-0.39, 0.29) is 11.4 Å². The van der Waals surface area contributed by atoms with E-state index in [1.165, 1.54) is 11.1 Å². The molecule has 1 aromatic rings. The fraction of sp³-hybridized carbons (Fsp3) is 0.526. The molecule has 0 amide bonds. The van der Waals surface area contributed by atoms with E-state index >= 15 is 0 Å². The van der Waals surface area contributed by atoms with Gasteiger partial charge < -0.3 is 9.47 Å². The smallest absolute Gasteiger partial charge is 0.333 e. The van der Waals surface area contributed by atoms with Crippen molar-refractivity contribution >= 4 is 5.97 Å². The van der Waals surface area contributed by atoms with Gasteiger partial charge in [0.1, 0.15) is 0 Å². The van der Waals surface area contributed by atoms with Gasteiger partial charge in [-0.15, -0.1) is 0 Å². The second kappa shape index (κ2) is 7.59. The summed E-state index contributed by atoms with van der Waals surface area (Å²) in [4.78, 5) is 11.9. The molecule has 3 nitrogen and oxygen atoms in total. The average molecular weight is 302 g/mol. The van der Waals surface area contributed by atoms with Crippen LogP contribution in [0.15, 0.2) is 41.5 Å². The summed E-state index contributed by atoms with van der Waals surface area (Å²) in [6.45, 7) is 7.74. The third kappa shape index (κ3) is 3.98. The van der Waals surface area contributed by atoms with Crippen LogP contribution >= 0.6 is 0 Å². The topological polar surface area (TPSA) is 35.5 Å². The van der Waals surface area contributed by atoms with Gasteiger partial charge >= 0.3 is 5.97 Å². The molecule has 3 heteroatoms. The molecule has 1 atom stereocenters. The summed E-state index contributed by atoms with van der Waals surface area (Å²) in [5.41, 5.74) is 3.32. The molecule has 0 saturated heterocycles. The van der Waals surface area contributed by atoms with Crippen molar-refractivity contribution in [3.8, 4) is 0 Å². The number of allylic oxidation sites excluding steroid dienone is 1. The van der Waals surface area contributed by atoms with Gasteiger partial charge in [-0.1, -0.05) is 42.8 Å². The fourth-order valence-corrected chi connectivity index (χ4v) is 3.02. The monoisotopic (exact) mass is 302 g/mol. The largest absolute Gasteiger partial charge is 0.463 e. The molecule has 1 fully saturated rings. The zero-order chi connectivity index (χ0) is 16.0. The Hall–Kier alpha value is -1.61. The first-order valence-electron chi connectivity index (χ1n) is 8.06. The SMILES string of the molecule is CCOC(=O)/C(C)=C1\CC[C@]1(C)CCOCc1ccccc1. The van der Waals surface area contributed by atoms with E-state index in [1.54, 1.807) is 0 Å². The minimum Gasteiger partial charge on any atom is -0.463 e. The highest BCUT2D eigenvalue weighted by atomic mass is 16.5. The number of hydrogen-bond donors (Lipinski definition) is 0. The number of rotatable bonds is 7. The Morgan fingerprint density at radius 3 is 2.59 bits per heavy atom. The normalized spacial score (nSPS) is 22.9. The molecule has 22 heavy (non-hydrogen) atoms. The molecular weight excluding hydrogens is 276 g/mol. The Bertz CT molecular complexity index is 533. The summed E-state index contributed by atoms with van der Waals surface area (Å²) in [5.74, 6) is -0.173. The Labute approximate surface area is 133 Å². The van der Waals surface area contributed by atoms with Crippen molar-refractivity contribution in [2.45, 2.75) is 46.6 Å². The van der Waals surface area contributed by atoms with Crippen LogP contribution in [-0.4, -0.2) is 19.2 Å². The Morgan fingerprint density at radius 2 is 2.00 bits per heavy atom. The molecule has 1 aliphatic carbocycles. The molecule has 0 unspecified atom stereocenters. The second-order valence-electron chi connectivity index (χ2n) is 6.17. The first kappa shape index (κ1) is 16.8. The van der Waals surface area contributed by atoms with Crippen LogP contribution in [-0.2, 0) is 20.9 Å². The molecule has 0 bridgehead atoms. The van der Waals surface area contributed by atoms with Crippen molar-refractivity contribution in [3.05, 3.63) is 47.0 Å². The molecule has 0 radical (unpaired) electrons. The molecular formula is C19H26O3.